The Kier molecular flexibility index (Phi) is 5.74. The van der Waals surface area contributed by atoms with Crippen LogP contribution in [0.2, 0.25) is 0 Å². The number of rotatable bonds is 4. The molecule has 1 fully saturated rings. The number of carbonyl (C=O) groups is 1. The number of likely N-dealkylation sites (tertiary alicyclic amines) is 1. The van der Waals surface area contributed by atoms with Crippen molar-refractivity contribution in [2.24, 2.45) is 5.92 Å². The van der Waals surface area contributed by atoms with E-state index in [9.17, 15) is 13.2 Å². The van der Waals surface area contributed by atoms with Crippen LogP contribution in [0.3, 0.4) is 0 Å². The van der Waals surface area contributed by atoms with Gasteiger partial charge in [0.15, 0.2) is 9.84 Å². The predicted octanol–water partition coefficient (Wildman–Crippen LogP) is 3.41. The molecular weight excluding hydrogens is 322 g/mol. The van der Waals surface area contributed by atoms with Crippen LogP contribution in [0.25, 0.3) is 0 Å². The first-order valence-corrected chi connectivity index (χ1v) is 10.4. The fraction of sp³-hybridized carbons (Fsp3) is 0.632. The number of hydrogen-bond donors (Lipinski definition) is 0. The molecule has 0 radical (unpaired) electrons. The van der Waals surface area contributed by atoms with Gasteiger partial charge in [-0.1, -0.05) is 39.8 Å². The lowest BCUT2D eigenvalue weighted by Gasteiger charge is -2.31. The van der Waals surface area contributed by atoms with Crippen LogP contribution in [0.5, 0.6) is 0 Å². The summed E-state index contributed by atoms with van der Waals surface area (Å²) in [6.07, 6.45) is 2.21. The van der Waals surface area contributed by atoms with E-state index in [2.05, 4.69) is 27.7 Å². The molecule has 1 heterocycles. The number of carbonyl (C=O) groups excluding carboxylic acids is 1. The molecule has 1 aromatic carbocycles. The number of sulfone groups is 1. The summed E-state index contributed by atoms with van der Waals surface area (Å²) in [5.74, 6) is 0.340. The van der Waals surface area contributed by atoms with Crippen molar-refractivity contribution in [3.63, 3.8) is 0 Å². The molecule has 0 N–H and O–H groups in total. The van der Waals surface area contributed by atoms with E-state index in [0.717, 1.165) is 31.5 Å². The highest BCUT2D eigenvalue weighted by Crippen LogP contribution is 2.24. The van der Waals surface area contributed by atoms with E-state index < -0.39 is 9.84 Å². The van der Waals surface area contributed by atoms with Gasteiger partial charge in [-0.25, -0.2) is 8.42 Å². The lowest BCUT2D eigenvalue weighted by atomic mass is 9.87. The molecule has 1 amide bonds. The highest BCUT2D eigenvalue weighted by Gasteiger charge is 2.24. The van der Waals surface area contributed by atoms with Gasteiger partial charge in [-0.2, -0.15) is 0 Å². The van der Waals surface area contributed by atoms with Crippen molar-refractivity contribution in [1.29, 1.82) is 0 Å². The third-order valence-corrected chi connectivity index (χ3v) is 6.41. The molecule has 2 rings (SSSR count). The van der Waals surface area contributed by atoms with E-state index in [0.29, 0.717) is 10.8 Å². The number of nitrogens with zero attached hydrogens (tertiary/aromatic N) is 1. The fourth-order valence-corrected chi connectivity index (χ4v) is 4.31. The van der Waals surface area contributed by atoms with E-state index in [1.807, 2.05) is 17.0 Å². The minimum Gasteiger partial charge on any atom is -0.342 e. The fourth-order valence-electron chi connectivity index (χ4n) is 3.08. The van der Waals surface area contributed by atoms with Crippen LogP contribution in [0.4, 0.5) is 0 Å². The number of piperidine rings is 1. The molecule has 134 valence electrons. The van der Waals surface area contributed by atoms with Crippen molar-refractivity contribution >= 4 is 15.7 Å². The summed E-state index contributed by atoms with van der Waals surface area (Å²) in [7, 11) is -3.42. The van der Waals surface area contributed by atoms with Crippen LogP contribution < -0.4 is 0 Å². The summed E-state index contributed by atoms with van der Waals surface area (Å²) >= 11 is 0. The molecule has 1 aliphatic rings. The summed E-state index contributed by atoms with van der Waals surface area (Å²) < 4.78 is 24.9. The van der Waals surface area contributed by atoms with Crippen molar-refractivity contribution in [2.45, 2.75) is 57.3 Å². The van der Waals surface area contributed by atoms with Crippen LogP contribution in [0.1, 0.15) is 52.5 Å². The van der Waals surface area contributed by atoms with E-state index in [1.165, 1.54) is 0 Å². The molecule has 0 spiro atoms. The molecule has 0 saturated carbocycles. The lowest BCUT2D eigenvalue weighted by molar-refractivity contribution is -0.132. The molecule has 1 unspecified atom stereocenters. The molecule has 1 saturated heterocycles. The normalized spacial score (nSPS) is 19.3. The summed E-state index contributed by atoms with van der Waals surface area (Å²) in [6.45, 7) is 9.91. The van der Waals surface area contributed by atoms with Crippen LogP contribution >= 0.6 is 0 Å². The molecular formula is C19H29NO3S. The topological polar surface area (TPSA) is 54.5 Å². The van der Waals surface area contributed by atoms with E-state index >= 15 is 0 Å². The second-order valence-corrected chi connectivity index (χ2v) is 10.0. The molecule has 0 aliphatic carbocycles. The third kappa shape index (κ3) is 4.82. The number of benzene rings is 1. The molecule has 24 heavy (non-hydrogen) atoms. The molecule has 0 bridgehead atoms. The van der Waals surface area contributed by atoms with Crippen LogP contribution in [0, 0.1) is 5.92 Å². The highest BCUT2D eigenvalue weighted by molar-refractivity contribution is 7.91. The summed E-state index contributed by atoms with van der Waals surface area (Å²) in [4.78, 5) is 14.4. The van der Waals surface area contributed by atoms with Gasteiger partial charge in [0.25, 0.3) is 0 Å². The van der Waals surface area contributed by atoms with Gasteiger partial charge >= 0.3 is 0 Å². The van der Waals surface area contributed by atoms with Gasteiger partial charge in [-0.05, 0) is 41.9 Å². The Morgan fingerprint density at radius 2 is 1.83 bits per heavy atom. The van der Waals surface area contributed by atoms with Crippen molar-refractivity contribution in [3.05, 3.63) is 29.8 Å². The Labute approximate surface area is 146 Å². The zero-order chi connectivity index (χ0) is 18.0. The van der Waals surface area contributed by atoms with E-state index in [4.69, 9.17) is 0 Å². The average Bonchev–Trinajstić information content (AvgIpc) is 2.52. The minimum atomic E-state index is -3.42. The van der Waals surface area contributed by atoms with Gasteiger partial charge in [0, 0.05) is 19.5 Å². The first kappa shape index (κ1) is 19.0. The first-order chi connectivity index (χ1) is 11.1. The van der Waals surface area contributed by atoms with Gasteiger partial charge in [0.2, 0.25) is 5.91 Å². The van der Waals surface area contributed by atoms with Crippen molar-refractivity contribution < 1.29 is 13.2 Å². The van der Waals surface area contributed by atoms with Crippen LogP contribution in [-0.4, -0.2) is 38.1 Å². The maximum absolute atomic E-state index is 12.5. The first-order valence-electron chi connectivity index (χ1n) is 8.71. The third-order valence-electron chi connectivity index (χ3n) is 4.67. The van der Waals surface area contributed by atoms with Crippen LogP contribution in [0.15, 0.2) is 29.2 Å². The second-order valence-electron chi connectivity index (χ2n) is 7.93. The Balaban J connectivity index is 1.99. The van der Waals surface area contributed by atoms with Crippen molar-refractivity contribution in [2.75, 3.05) is 18.8 Å². The van der Waals surface area contributed by atoms with Gasteiger partial charge in [0.1, 0.15) is 0 Å². The average molecular weight is 352 g/mol. The predicted molar refractivity (Wildman–Crippen MR) is 96.8 cm³/mol. The van der Waals surface area contributed by atoms with Gasteiger partial charge in [0.05, 0.1) is 10.6 Å². The van der Waals surface area contributed by atoms with Crippen molar-refractivity contribution in [1.82, 2.24) is 4.90 Å². The van der Waals surface area contributed by atoms with Gasteiger partial charge in [-0.3, -0.25) is 4.79 Å². The van der Waals surface area contributed by atoms with Crippen molar-refractivity contribution in [3.8, 4) is 0 Å². The molecule has 1 atom stereocenters. The van der Waals surface area contributed by atoms with E-state index in [1.54, 1.807) is 12.1 Å². The van der Waals surface area contributed by atoms with E-state index in [-0.39, 0.29) is 23.5 Å². The summed E-state index contributed by atoms with van der Waals surface area (Å²) in [6, 6.07) is 7.04. The van der Waals surface area contributed by atoms with Crippen LogP contribution in [-0.2, 0) is 20.0 Å². The zero-order valence-corrected chi connectivity index (χ0v) is 16.0. The number of hydrogen-bond acceptors (Lipinski definition) is 3. The smallest absolute Gasteiger partial charge is 0.223 e. The molecule has 0 aromatic heterocycles. The quantitative estimate of drug-likeness (QED) is 0.835. The maximum Gasteiger partial charge on any atom is 0.223 e. The SMILES string of the molecule is CC1CCCN(C(=O)CCS(=O)(=O)c2ccc(C(C)(C)C)cc2)C1. The molecule has 1 aromatic rings. The zero-order valence-electron chi connectivity index (χ0n) is 15.2. The monoisotopic (exact) mass is 351 g/mol. The number of amides is 1. The van der Waals surface area contributed by atoms with Gasteiger partial charge in [-0.15, -0.1) is 0 Å². The lowest BCUT2D eigenvalue weighted by Crippen LogP contribution is -2.39. The highest BCUT2D eigenvalue weighted by atomic mass is 32.2. The second kappa shape index (κ2) is 7.26. The Morgan fingerprint density at radius 3 is 2.38 bits per heavy atom. The largest absolute Gasteiger partial charge is 0.342 e. The molecule has 5 heteroatoms. The molecule has 4 nitrogen and oxygen atoms in total. The van der Waals surface area contributed by atoms with Gasteiger partial charge < -0.3 is 4.90 Å². The Bertz CT molecular complexity index is 672. The maximum atomic E-state index is 12.5. The summed E-state index contributed by atoms with van der Waals surface area (Å²) in [5.41, 5.74) is 1.09. The summed E-state index contributed by atoms with van der Waals surface area (Å²) in [5, 5.41) is 0. The Hall–Kier alpha value is -1.36. The molecule has 1 aliphatic heterocycles. The standard InChI is InChI=1S/C19H29NO3S/c1-15-6-5-12-20(14-15)18(21)11-13-24(22,23)17-9-7-16(8-10-17)19(2,3)4/h7-10,15H,5-6,11-14H2,1-4H3. The Morgan fingerprint density at radius 1 is 1.21 bits per heavy atom. The minimum absolute atomic E-state index is 0.0107.